The third-order valence-electron chi connectivity index (χ3n) is 7.23. The summed E-state index contributed by atoms with van der Waals surface area (Å²) < 4.78 is 1.85. The van der Waals surface area contributed by atoms with Crippen LogP contribution in [0.15, 0.2) is 11.2 Å². The minimum Gasteiger partial charge on any atom is -0.349 e. The standard InChI is InChI=1S/C25H36N4OS/c1-16-17(15-27-29(16)5)14-26-24-22(23(30)28-19-9-7-6-8-10-19)20-12-11-18(25(2,3)4)13-21(20)31-24/h14-15,18-19H,6-13H2,1-5H3,(H,28,30)/b26-14+. The molecule has 1 N–H and O–H groups in total. The molecule has 1 unspecified atom stereocenters. The van der Waals surface area contributed by atoms with E-state index in [0.29, 0.717) is 12.0 Å². The Hall–Kier alpha value is -1.95. The van der Waals surface area contributed by atoms with Gasteiger partial charge in [-0.05, 0) is 55.9 Å². The highest BCUT2D eigenvalue weighted by atomic mass is 32.1. The molecule has 0 aromatic carbocycles. The molecule has 2 aliphatic rings. The van der Waals surface area contributed by atoms with Crippen molar-refractivity contribution in [1.29, 1.82) is 0 Å². The highest BCUT2D eigenvalue weighted by Crippen LogP contribution is 2.45. The highest BCUT2D eigenvalue weighted by Gasteiger charge is 2.34. The fourth-order valence-electron chi connectivity index (χ4n) is 4.91. The van der Waals surface area contributed by atoms with Gasteiger partial charge in [-0.2, -0.15) is 5.10 Å². The summed E-state index contributed by atoms with van der Waals surface area (Å²) in [5, 5.41) is 8.52. The number of rotatable bonds is 4. The average Bonchev–Trinajstić information content (AvgIpc) is 3.25. The monoisotopic (exact) mass is 440 g/mol. The number of amides is 1. The van der Waals surface area contributed by atoms with Gasteiger partial charge in [0, 0.05) is 35.4 Å². The van der Waals surface area contributed by atoms with Gasteiger partial charge in [0.25, 0.3) is 5.91 Å². The lowest BCUT2D eigenvalue weighted by molar-refractivity contribution is 0.0927. The number of thiophene rings is 1. The van der Waals surface area contributed by atoms with Crippen molar-refractivity contribution in [2.45, 2.75) is 85.1 Å². The number of aliphatic imine (C=N–C) groups is 1. The van der Waals surface area contributed by atoms with Gasteiger partial charge in [-0.25, -0.2) is 4.99 Å². The summed E-state index contributed by atoms with van der Waals surface area (Å²) in [5.74, 6) is 0.721. The van der Waals surface area contributed by atoms with Gasteiger partial charge in [-0.3, -0.25) is 9.48 Å². The Morgan fingerprint density at radius 2 is 2.00 bits per heavy atom. The third kappa shape index (κ3) is 4.79. The Balaban J connectivity index is 1.66. The molecule has 0 spiro atoms. The van der Waals surface area contributed by atoms with Crippen molar-refractivity contribution in [3.63, 3.8) is 0 Å². The van der Waals surface area contributed by atoms with Crippen LogP contribution < -0.4 is 5.32 Å². The number of hydrogen-bond donors (Lipinski definition) is 1. The zero-order valence-electron chi connectivity index (χ0n) is 19.6. The van der Waals surface area contributed by atoms with Crippen LogP contribution >= 0.6 is 11.3 Å². The second-order valence-corrected chi connectivity index (χ2v) is 11.4. The molecule has 1 atom stereocenters. The molecule has 168 valence electrons. The fraction of sp³-hybridized carbons (Fsp3) is 0.640. The van der Waals surface area contributed by atoms with Crippen LogP contribution in [0, 0.1) is 18.3 Å². The van der Waals surface area contributed by atoms with Crippen molar-refractivity contribution in [2.24, 2.45) is 23.4 Å². The van der Waals surface area contributed by atoms with E-state index in [-0.39, 0.29) is 11.3 Å². The molecule has 1 amide bonds. The highest BCUT2D eigenvalue weighted by molar-refractivity contribution is 7.16. The summed E-state index contributed by atoms with van der Waals surface area (Å²) in [7, 11) is 1.94. The molecule has 2 aromatic heterocycles. The summed E-state index contributed by atoms with van der Waals surface area (Å²) in [6, 6.07) is 0.306. The molecule has 1 saturated carbocycles. The minimum atomic E-state index is 0.0775. The van der Waals surface area contributed by atoms with Crippen LogP contribution in [0.5, 0.6) is 0 Å². The Morgan fingerprint density at radius 1 is 1.26 bits per heavy atom. The van der Waals surface area contributed by atoms with E-state index in [1.54, 1.807) is 11.3 Å². The van der Waals surface area contributed by atoms with Crippen LogP contribution in [0.25, 0.3) is 0 Å². The molecule has 0 radical (unpaired) electrons. The predicted octanol–water partition coefficient (Wildman–Crippen LogP) is 5.75. The van der Waals surface area contributed by atoms with E-state index in [1.165, 1.54) is 29.7 Å². The van der Waals surface area contributed by atoms with Crippen LogP contribution in [0.4, 0.5) is 5.00 Å². The maximum absolute atomic E-state index is 13.4. The number of aryl methyl sites for hydroxylation is 1. The van der Waals surface area contributed by atoms with Gasteiger partial charge in [-0.1, -0.05) is 40.0 Å². The van der Waals surface area contributed by atoms with E-state index in [9.17, 15) is 4.79 Å². The molecule has 0 saturated heterocycles. The summed E-state index contributed by atoms with van der Waals surface area (Å²) in [6.45, 7) is 9.03. The molecule has 1 fully saturated rings. The largest absolute Gasteiger partial charge is 0.349 e. The maximum Gasteiger partial charge on any atom is 0.254 e. The van der Waals surface area contributed by atoms with Crippen LogP contribution in [-0.4, -0.2) is 27.9 Å². The van der Waals surface area contributed by atoms with E-state index in [2.05, 4.69) is 31.2 Å². The number of carbonyl (C=O) groups is 1. The van der Waals surface area contributed by atoms with Crippen LogP contribution in [0.3, 0.4) is 0 Å². The lowest BCUT2D eigenvalue weighted by Crippen LogP contribution is -2.36. The number of nitrogens with zero attached hydrogens (tertiary/aromatic N) is 3. The smallest absolute Gasteiger partial charge is 0.254 e. The van der Waals surface area contributed by atoms with Crippen molar-refractivity contribution in [3.8, 4) is 0 Å². The van der Waals surface area contributed by atoms with Crippen LogP contribution in [0.1, 0.15) is 91.4 Å². The lowest BCUT2D eigenvalue weighted by atomic mass is 9.72. The van der Waals surface area contributed by atoms with Gasteiger partial charge in [0.05, 0.1) is 11.8 Å². The number of carbonyl (C=O) groups excluding carboxylic acids is 1. The molecule has 31 heavy (non-hydrogen) atoms. The van der Waals surface area contributed by atoms with E-state index < -0.39 is 0 Å². The summed E-state index contributed by atoms with van der Waals surface area (Å²) in [5.41, 5.74) is 4.43. The first kappa shape index (κ1) is 22.3. The summed E-state index contributed by atoms with van der Waals surface area (Å²) in [4.78, 5) is 19.6. The van der Waals surface area contributed by atoms with Gasteiger partial charge in [0.2, 0.25) is 0 Å². The topological polar surface area (TPSA) is 59.3 Å². The van der Waals surface area contributed by atoms with Gasteiger partial charge >= 0.3 is 0 Å². The molecular weight excluding hydrogens is 404 g/mol. The molecule has 5 nitrogen and oxygen atoms in total. The molecule has 2 heterocycles. The fourth-order valence-corrected chi connectivity index (χ4v) is 6.18. The molecule has 0 aliphatic heterocycles. The van der Waals surface area contributed by atoms with Gasteiger partial charge in [0.15, 0.2) is 0 Å². The number of nitrogens with one attached hydrogen (secondary N) is 1. The number of fused-ring (bicyclic) bond motifs is 1. The quantitative estimate of drug-likeness (QED) is 0.615. The maximum atomic E-state index is 13.4. The Morgan fingerprint density at radius 3 is 2.65 bits per heavy atom. The second-order valence-electron chi connectivity index (χ2n) is 10.4. The number of aromatic nitrogens is 2. The van der Waals surface area contributed by atoms with Crippen LogP contribution in [0.2, 0.25) is 0 Å². The average molecular weight is 441 g/mol. The second kappa shape index (κ2) is 8.89. The first-order valence-electron chi connectivity index (χ1n) is 11.7. The van der Waals surface area contributed by atoms with Crippen LogP contribution in [-0.2, 0) is 19.9 Å². The Kier molecular flexibility index (Phi) is 6.38. The summed E-state index contributed by atoms with van der Waals surface area (Å²) >= 11 is 1.72. The van der Waals surface area contributed by atoms with E-state index in [0.717, 1.165) is 53.9 Å². The first-order valence-corrected chi connectivity index (χ1v) is 12.5. The van der Waals surface area contributed by atoms with E-state index in [4.69, 9.17) is 4.99 Å². The van der Waals surface area contributed by atoms with Crippen molar-refractivity contribution < 1.29 is 4.79 Å². The molecule has 2 aliphatic carbocycles. The first-order chi connectivity index (χ1) is 14.7. The predicted molar refractivity (Wildman–Crippen MR) is 129 cm³/mol. The van der Waals surface area contributed by atoms with Crippen molar-refractivity contribution in [1.82, 2.24) is 15.1 Å². The van der Waals surface area contributed by atoms with Crippen molar-refractivity contribution >= 4 is 28.5 Å². The zero-order chi connectivity index (χ0) is 22.2. The molecule has 4 rings (SSSR count). The van der Waals surface area contributed by atoms with Crippen molar-refractivity contribution in [3.05, 3.63) is 33.5 Å². The third-order valence-corrected chi connectivity index (χ3v) is 8.40. The molecule has 6 heteroatoms. The SMILES string of the molecule is Cc1c(/C=N/c2sc3c(c2C(=O)NC2CCCCC2)CCC(C(C)(C)C)C3)cnn1C. The Bertz CT molecular complexity index is 973. The normalized spacial score (nSPS) is 20.2. The van der Waals surface area contributed by atoms with Gasteiger partial charge in [0.1, 0.15) is 5.00 Å². The van der Waals surface area contributed by atoms with Gasteiger partial charge in [-0.15, -0.1) is 11.3 Å². The minimum absolute atomic E-state index is 0.0775. The van der Waals surface area contributed by atoms with E-state index in [1.807, 2.05) is 31.1 Å². The lowest BCUT2D eigenvalue weighted by Gasteiger charge is -2.34. The molecule has 0 bridgehead atoms. The molecular formula is C25H36N4OS. The summed E-state index contributed by atoms with van der Waals surface area (Å²) in [6.07, 6.45) is 12.8. The van der Waals surface area contributed by atoms with Crippen molar-refractivity contribution in [2.75, 3.05) is 0 Å². The van der Waals surface area contributed by atoms with Gasteiger partial charge < -0.3 is 5.32 Å². The van der Waals surface area contributed by atoms with E-state index >= 15 is 0 Å². The molecule has 2 aromatic rings. The Labute approximate surface area is 190 Å². The zero-order valence-corrected chi connectivity index (χ0v) is 20.4. The number of hydrogen-bond acceptors (Lipinski definition) is 4.